The Morgan fingerprint density at radius 2 is 2.31 bits per heavy atom. The van der Waals surface area contributed by atoms with Gasteiger partial charge < -0.3 is 10.8 Å². The zero-order chi connectivity index (χ0) is 10.0. The molecule has 72 valence electrons. The van der Waals surface area contributed by atoms with Crippen LogP contribution in [0.5, 0.6) is 0 Å². The average Bonchev–Trinajstić information content (AvgIpc) is 2.31. The average molecular weight is 199 g/mol. The van der Waals surface area contributed by atoms with E-state index in [9.17, 15) is 4.79 Å². The summed E-state index contributed by atoms with van der Waals surface area (Å²) in [6.45, 7) is 4.01. The van der Waals surface area contributed by atoms with E-state index < -0.39 is 5.97 Å². The highest BCUT2D eigenvalue weighted by Gasteiger charge is 2.13. The van der Waals surface area contributed by atoms with Gasteiger partial charge in [0.05, 0.1) is 6.42 Å². The first kappa shape index (κ1) is 10.2. The molecule has 4 heteroatoms. The van der Waals surface area contributed by atoms with Gasteiger partial charge in [0, 0.05) is 15.8 Å². The van der Waals surface area contributed by atoms with Crippen molar-refractivity contribution >= 4 is 17.3 Å². The molecule has 0 aromatic carbocycles. The SMILES string of the molecule is Cc1cc(C(N)CC(=O)O)sc1C. The molecule has 3 N–H and O–H groups in total. The molecule has 3 nitrogen and oxygen atoms in total. The van der Waals surface area contributed by atoms with E-state index in [1.165, 1.54) is 10.4 Å². The van der Waals surface area contributed by atoms with Gasteiger partial charge in [-0.25, -0.2) is 0 Å². The topological polar surface area (TPSA) is 63.3 Å². The normalized spacial score (nSPS) is 12.8. The molecule has 1 aromatic heterocycles. The van der Waals surface area contributed by atoms with Gasteiger partial charge in [0.25, 0.3) is 0 Å². The van der Waals surface area contributed by atoms with Crippen molar-refractivity contribution in [1.82, 2.24) is 0 Å². The Bertz CT molecular complexity index is 300. The second-order valence-electron chi connectivity index (χ2n) is 3.09. The molecule has 13 heavy (non-hydrogen) atoms. The van der Waals surface area contributed by atoms with E-state index in [1.807, 2.05) is 19.9 Å². The minimum atomic E-state index is -0.851. The maximum Gasteiger partial charge on any atom is 0.305 e. The van der Waals surface area contributed by atoms with E-state index in [-0.39, 0.29) is 12.5 Å². The van der Waals surface area contributed by atoms with Crippen LogP contribution in [0.4, 0.5) is 0 Å². The van der Waals surface area contributed by atoms with Crippen molar-refractivity contribution in [3.05, 3.63) is 21.4 Å². The fourth-order valence-corrected chi connectivity index (χ4v) is 2.12. The second-order valence-corrected chi connectivity index (χ2v) is 4.38. The number of carboxylic acids is 1. The molecule has 1 unspecified atom stereocenters. The van der Waals surface area contributed by atoms with Gasteiger partial charge >= 0.3 is 5.97 Å². The Hall–Kier alpha value is -0.870. The first-order valence-corrected chi connectivity index (χ1v) is 4.86. The van der Waals surface area contributed by atoms with Crippen LogP contribution in [0.3, 0.4) is 0 Å². The number of thiophene rings is 1. The van der Waals surface area contributed by atoms with Crippen LogP contribution in [0.25, 0.3) is 0 Å². The van der Waals surface area contributed by atoms with Crippen LogP contribution in [-0.4, -0.2) is 11.1 Å². The van der Waals surface area contributed by atoms with Gasteiger partial charge in [-0.2, -0.15) is 0 Å². The summed E-state index contributed by atoms with van der Waals surface area (Å²) in [5, 5.41) is 8.55. The summed E-state index contributed by atoms with van der Waals surface area (Å²) in [5.74, 6) is -0.851. The number of nitrogens with two attached hydrogens (primary N) is 1. The van der Waals surface area contributed by atoms with Crippen molar-refractivity contribution < 1.29 is 9.90 Å². The van der Waals surface area contributed by atoms with E-state index in [1.54, 1.807) is 11.3 Å². The van der Waals surface area contributed by atoms with Gasteiger partial charge in [0.15, 0.2) is 0 Å². The van der Waals surface area contributed by atoms with Crippen LogP contribution in [-0.2, 0) is 4.79 Å². The maximum absolute atomic E-state index is 10.4. The Balaban J connectivity index is 2.77. The number of carbonyl (C=O) groups is 1. The molecule has 0 bridgehead atoms. The summed E-state index contributed by atoms with van der Waals surface area (Å²) in [4.78, 5) is 12.6. The maximum atomic E-state index is 10.4. The summed E-state index contributed by atoms with van der Waals surface area (Å²) < 4.78 is 0. The van der Waals surface area contributed by atoms with Crippen LogP contribution >= 0.6 is 11.3 Å². The van der Waals surface area contributed by atoms with Gasteiger partial charge in [-0.05, 0) is 25.5 Å². The summed E-state index contributed by atoms with van der Waals surface area (Å²) in [5.41, 5.74) is 6.89. The molecule has 1 heterocycles. The lowest BCUT2D eigenvalue weighted by molar-refractivity contribution is -0.137. The summed E-state index contributed by atoms with van der Waals surface area (Å²) in [6.07, 6.45) is -0.000602. The molecular formula is C9H13NO2S. The molecule has 0 aliphatic heterocycles. The Morgan fingerprint density at radius 1 is 1.69 bits per heavy atom. The highest BCUT2D eigenvalue weighted by atomic mass is 32.1. The molecule has 0 saturated heterocycles. The van der Waals surface area contributed by atoms with Crippen LogP contribution in [0.15, 0.2) is 6.07 Å². The van der Waals surface area contributed by atoms with Crippen molar-refractivity contribution in [3.8, 4) is 0 Å². The predicted octanol–water partition coefficient (Wildman–Crippen LogP) is 1.84. The third-order valence-corrected chi connectivity index (χ3v) is 3.23. The third-order valence-electron chi connectivity index (χ3n) is 1.95. The highest BCUT2D eigenvalue weighted by molar-refractivity contribution is 7.12. The Labute approximate surface area is 81.2 Å². The minimum absolute atomic E-state index is 0.000602. The van der Waals surface area contributed by atoms with Crippen molar-refractivity contribution in [1.29, 1.82) is 0 Å². The molecule has 1 rings (SSSR count). The Morgan fingerprint density at radius 3 is 2.69 bits per heavy atom. The van der Waals surface area contributed by atoms with E-state index in [2.05, 4.69) is 0 Å². The number of rotatable bonds is 3. The number of hydrogen-bond donors (Lipinski definition) is 2. The molecule has 0 aliphatic rings. The van der Waals surface area contributed by atoms with Crippen LogP contribution in [0, 0.1) is 13.8 Å². The number of aliphatic carboxylic acids is 1. The molecule has 0 aliphatic carbocycles. The van der Waals surface area contributed by atoms with Gasteiger partial charge in [-0.1, -0.05) is 0 Å². The molecule has 1 atom stereocenters. The molecule has 0 fully saturated rings. The van der Waals surface area contributed by atoms with Crippen LogP contribution < -0.4 is 5.73 Å². The quantitative estimate of drug-likeness (QED) is 0.780. The van der Waals surface area contributed by atoms with Gasteiger partial charge in [-0.15, -0.1) is 11.3 Å². The smallest absolute Gasteiger partial charge is 0.305 e. The van der Waals surface area contributed by atoms with E-state index >= 15 is 0 Å². The first-order valence-electron chi connectivity index (χ1n) is 4.05. The summed E-state index contributed by atoms with van der Waals surface area (Å²) >= 11 is 1.58. The highest BCUT2D eigenvalue weighted by Crippen LogP contribution is 2.26. The van der Waals surface area contributed by atoms with Gasteiger partial charge in [-0.3, -0.25) is 4.79 Å². The van der Waals surface area contributed by atoms with Crippen molar-refractivity contribution in [2.24, 2.45) is 5.73 Å². The molecular weight excluding hydrogens is 186 g/mol. The summed E-state index contributed by atoms with van der Waals surface area (Å²) in [6, 6.07) is 1.60. The second kappa shape index (κ2) is 3.89. The molecule has 0 radical (unpaired) electrons. The predicted molar refractivity (Wildman–Crippen MR) is 53.0 cm³/mol. The third kappa shape index (κ3) is 2.54. The van der Waals surface area contributed by atoms with Crippen LogP contribution in [0.2, 0.25) is 0 Å². The fraction of sp³-hybridized carbons (Fsp3) is 0.444. The molecule has 0 saturated carbocycles. The standard InChI is InChI=1S/C9H13NO2S/c1-5-3-8(13-6(5)2)7(10)4-9(11)12/h3,7H,4,10H2,1-2H3,(H,11,12). The number of hydrogen-bond acceptors (Lipinski definition) is 3. The van der Waals surface area contributed by atoms with Gasteiger partial charge in [0.2, 0.25) is 0 Å². The van der Waals surface area contributed by atoms with E-state index in [0.29, 0.717) is 0 Å². The molecule has 1 aromatic rings. The largest absolute Gasteiger partial charge is 0.481 e. The minimum Gasteiger partial charge on any atom is -0.481 e. The lowest BCUT2D eigenvalue weighted by Crippen LogP contribution is -2.13. The summed E-state index contributed by atoms with van der Waals surface area (Å²) in [7, 11) is 0. The van der Waals surface area contributed by atoms with Crippen molar-refractivity contribution in [3.63, 3.8) is 0 Å². The lowest BCUT2D eigenvalue weighted by atomic mass is 10.1. The van der Waals surface area contributed by atoms with E-state index in [0.717, 1.165) is 4.88 Å². The Kier molecular flexibility index (Phi) is 3.06. The fourth-order valence-electron chi connectivity index (χ4n) is 1.07. The molecule has 0 amide bonds. The lowest BCUT2D eigenvalue weighted by Gasteiger charge is -2.04. The first-order chi connectivity index (χ1) is 6.00. The monoisotopic (exact) mass is 199 g/mol. The number of aryl methyl sites for hydroxylation is 2. The van der Waals surface area contributed by atoms with Crippen molar-refractivity contribution in [2.75, 3.05) is 0 Å². The van der Waals surface area contributed by atoms with Crippen LogP contribution in [0.1, 0.15) is 27.8 Å². The van der Waals surface area contributed by atoms with Gasteiger partial charge in [0.1, 0.15) is 0 Å². The zero-order valence-corrected chi connectivity index (χ0v) is 8.52. The van der Waals surface area contributed by atoms with Crippen molar-refractivity contribution in [2.45, 2.75) is 26.3 Å². The number of carboxylic acid groups (broad SMARTS) is 1. The zero-order valence-electron chi connectivity index (χ0n) is 7.70. The van der Waals surface area contributed by atoms with E-state index in [4.69, 9.17) is 10.8 Å². The molecule has 0 spiro atoms.